The summed E-state index contributed by atoms with van der Waals surface area (Å²) in [7, 11) is 0. The van der Waals surface area contributed by atoms with Gasteiger partial charge >= 0.3 is 5.97 Å². The third-order valence-corrected chi connectivity index (χ3v) is 5.17. The molecule has 0 heterocycles. The van der Waals surface area contributed by atoms with E-state index in [0.717, 1.165) is 31.2 Å². The molecule has 0 atom stereocenters. The Balaban J connectivity index is 1.57. The number of benzene rings is 2. The molecule has 33 heavy (non-hydrogen) atoms. The summed E-state index contributed by atoms with van der Waals surface area (Å²) in [5, 5.41) is 2.91. The van der Waals surface area contributed by atoms with E-state index in [-0.39, 0.29) is 37.5 Å². The molecule has 2 aromatic carbocycles. The highest BCUT2D eigenvalue weighted by Crippen LogP contribution is 2.11. The average Bonchev–Trinajstić information content (AvgIpc) is 2.82. The van der Waals surface area contributed by atoms with Crippen LogP contribution in [0.2, 0.25) is 0 Å². The number of rotatable bonds is 15. The highest BCUT2D eigenvalue weighted by molar-refractivity contribution is 5.81. The van der Waals surface area contributed by atoms with Crippen LogP contribution in [0, 0.1) is 0 Å². The maximum Gasteiger partial charge on any atom is 0.332 e. The molecule has 178 valence electrons. The van der Waals surface area contributed by atoms with E-state index >= 15 is 0 Å². The van der Waals surface area contributed by atoms with Gasteiger partial charge in [-0.15, -0.1) is 0 Å². The molecular formula is C26H35N3O4. The van der Waals surface area contributed by atoms with Crippen LogP contribution in [-0.4, -0.2) is 37.3 Å². The van der Waals surface area contributed by atoms with Gasteiger partial charge in [-0.25, -0.2) is 4.79 Å². The molecule has 0 unspecified atom stereocenters. The second-order valence-corrected chi connectivity index (χ2v) is 8.04. The number of ketones is 1. The van der Waals surface area contributed by atoms with Gasteiger partial charge in [-0.1, -0.05) is 54.6 Å². The molecule has 0 spiro atoms. The summed E-state index contributed by atoms with van der Waals surface area (Å²) in [5.41, 5.74) is 11.0. The fourth-order valence-corrected chi connectivity index (χ4v) is 3.36. The summed E-state index contributed by atoms with van der Waals surface area (Å²) in [4.78, 5) is 40.1. The Morgan fingerprint density at radius 3 is 2.09 bits per heavy atom. The summed E-state index contributed by atoms with van der Waals surface area (Å²) in [6.45, 7) is 1.30. The van der Waals surface area contributed by atoms with Crippen LogP contribution < -0.4 is 16.5 Å². The van der Waals surface area contributed by atoms with Crippen molar-refractivity contribution in [3.05, 3.63) is 71.3 Å². The van der Waals surface area contributed by atoms with Crippen molar-refractivity contribution >= 4 is 17.7 Å². The van der Waals surface area contributed by atoms with E-state index in [1.54, 1.807) is 0 Å². The third kappa shape index (κ3) is 12.0. The van der Waals surface area contributed by atoms with E-state index in [2.05, 4.69) is 35.1 Å². The van der Waals surface area contributed by atoms with Gasteiger partial charge in [-0.3, -0.25) is 9.59 Å². The van der Waals surface area contributed by atoms with Crippen LogP contribution in [0.1, 0.15) is 48.8 Å². The zero-order chi connectivity index (χ0) is 23.7. The van der Waals surface area contributed by atoms with Crippen LogP contribution >= 0.6 is 0 Å². The van der Waals surface area contributed by atoms with E-state index in [0.29, 0.717) is 19.5 Å². The maximum atomic E-state index is 12.0. The standard InChI is InChI=1S/C26H35N3O4/c27-17-18-28-20-24(30)11-6-12-26(32)33-29-25(31)19-23-15-13-22(14-16-23)10-5-4-9-21-7-2-1-3-8-21/h1-3,7-8,13-16,28H,4-6,9-12,17-20,27H2,(H,29,31). The SMILES string of the molecule is NCCNCC(=O)CCCC(=O)ONC(=O)Cc1ccc(CCCCc2ccccc2)cc1. The molecule has 7 heteroatoms. The monoisotopic (exact) mass is 453 g/mol. The number of aryl methyl sites for hydroxylation is 2. The number of unbranched alkanes of at least 4 members (excludes halogenated alkanes) is 1. The van der Waals surface area contributed by atoms with Crippen molar-refractivity contribution in [2.24, 2.45) is 5.73 Å². The van der Waals surface area contributed by atoms with Crippen LogP contribution in [0.4, 0.5) is 0 Å². The highest BCUT2D eigenvalue weighted by Gasteiger charge is 2.09. The van der Waals surface area contributed by atoms with Crippen molar-refractivity contribution in [3.8, 4) is 0 Å². The van der Waals surface area contributed by atoms with Crippen molar-refractivity contribution in [1.29, 1.82) is 0 Å². The first kappa shape index (κ1) is 26.2. The van der Waals surface area contributed by atoms with Crippen molar-refractivity contribution < 1.29 is 19.2 Å². The number of carbonyl (C=O) groups excluding carboxylic acids is 3. The molecule has 0 aliphatic rings. The number of hydrogen-bond donors (Lipinski definition) is 3. The first-order chi connectivity index (χ1) is 16.1. The molecule has 0 saturated heterocycles. The predicted molar refractivity (Wildman–Crippen MR) is 128 cm³/mol. The van der Waals surface area contributed by atoms with E-state index < -0.39 is 5.97 Å². The maximum absolute atomic E-state index is 12.0. The van der Waals surface area contributed by atoms with E-state index in [9.17, 15) is 14.4 Å². The van der Waals surface area contributed by atoms with Gasteiger partial charge in [-0.05, 0) is 48.8 Å². The molecule has 0 fully saturated rings. The lowest BCUT2D eigenvalue weighted by atomic mass is 10.0. The lowest BCUT2D eigenvalue weighted by Crippen LogP contribution is -2.29. The van der Waals surface area contributed by atoms with Gasteiger partial charge < -0.3 is 15.9 Å². The lowest BCUT2D eigenvalue weighted by Gasteiger charge is -2.07. The van der Waals surface area contributed by atoms with Crippen LogP contribution in [0.15, 0.2) is 54.6 Å². The fourth-order valence-electron chi connectivity index (χ4n) is 3.36. The zero-order valence-corrected chi connectivity index (χ0v) is 19.2. The van der Waals surface area contributed by atoms with Crippen LogP contribution in [0.3, 0.4) is 0 Å². The van der Waals surface area contributed by atoms with Crippen molar-refractivity contribution in [3.63, 3.8) is 0 Å². The van der Waals surface area contributed by atoms with Gasteiger partial charge in [0.25, 0.3) is 5.91 Å². The predicted octanol–water partition coefficient (Wildman–Crippen LogP) is 2.66. The van der Waals surface area contributed by atoms with Crippen molar-refractivity contribution in [2.45, 2.75) is 51.4 Å². The topological polar surface area (TPSA) is 111 Å². The summed E-state index contributed by atoms with van der Waals surface area (Å²) < 4.78 is 0. The Hall–Kier alpha value is -3.03. The molecule has 0 saturated carbocycles. The van der Waals surface area contributed by atoms with Crippen LogP contribution in [-0.2, 0) is 38.5 Å². The number of nitrogens with two attached hydrogens (primary N) is 1. The second-order valence-electron chi connectivity index (χ2n) is 8.04. The molecule has 1 amide bonds. The minimum Gasteiger partial charge on any atom is -0.341 e. The lowest BCUT2D eigenvalue weighted by molar-refractivity contribution is -0.158. The average molecular weight is 454 g/mol. The van der Waals surface area contributed by atoms with E-state index in [4.69, 9.17) is 10.6 Å². The number of nitrogens with one attached hydrogen (secondary N) is 2. The number of hydroxylamine groups is 1. The molecule has 0 aliphatic heterocycles. The number of Topliss-reactive ketones (excluding diaryl/α,β-unsaturated/α-hetero) is 1. The van der Waals surface area contributed by atoms with E-state index in [1.165, 1.54) is 11.1 Å². The van der Waals surface area contributed by atoms with Gasteiger partial charge in [-0.2, -0.15) is 5.48 Å². The molecule has 0 radical (unpaired) electrons. The first-order valence-electron chi connectivity index (χ1n) is 11.6. The minimum atomic E-state index is -0.558. The van der Waals surface area contributed by atoms with Gasteiger partial charge in [0.1, 0.15) is 5.78 Å². The molecular weight excluding hydrogens is 418 g/mol. The Labute approximate surface area is 196 Å². The second kappa shape index (κ2) is 15.7. The fraction of sp³-hybridized carbons (Fsp3) is 0.423. The van der Waals surface area contributed by atoms with Crippen LogP contribution in [0.5, 0.6) is 0 Å². The summed E-state index contributed by atoms with van der Waals surface area (Å²) in [6.07, 6.45) is 5.20. The summed E-state index contributed by atoms with van der Waals surface area (Å²) in [5.74, 6) is -0.933. The number of amides is 1. The van der Waals surface area contributed by atoms with E-state index in [1.807, 2.05) is 30.3 Å². The Bertz CT molecular complexity index is 854. The molecule has 2 aromatic rings. The first-order valence-corrected chi connectivity index (χ1v) is 11.6. The Kier molecular flexibility index (Phi) is 12.5. The smallest absolute Gasteiger partial charge is 0.332 e. The zero-order valence-electron chi connectivity index (χ0n) is 19.2. The quantitative estimate of drug-likeness (QED) is 0.282. The largest absolute Gasteiger partial charge is 0.341 e. The molecule has 0 bridgehead atoms. The normalized spacial score (nSPS) is 10.6. The van der Waals surface area contributed by atoms with Gasteiger partial charge in [0.2, 0.25) is 0 Å². The minimum absolute atomic E-state index is 0.0138. The van der Waals surface area contributed by atoms with Crippen molar-refractivity contribution in [1.82, 2.24) is 10.8 Å². The molecule has 0 aliphatic carbocycles. The third-order valence-electron chi connectivity index (χ3n) is 5.17. The molecule has 4 N–H and O–H groups in total. The number of carbonyl (C=O) groups is 3. The molecule has 0 aromatic heterocycles. The summed E-state index contributed by atoms with van der Waals surface area (Å²) in [6, 6.07) is 18.4. The van der Waals surface area contributed by atoms with Gasteiger partial charge in [0, 0.05) is 25.9 Å². The van der Waals surface area contributed by atoms with Crippen LogP contribution in [0.25, 0.3) is 0 Å². The highest BCUT2D eigenvalue weighted by atomic mass is 16.7. The van der Waals surface area contributed by atoms with Gasteiger partial charge in [0.15, 0.2) is 0 Å². The Morgan fingerprint density at radius 2 is 1.42 bits per heavy atom. The van der Waals surface area contributed by atoms with Crippen molar-refractivity contribution in [2.75, 3.05) is 19.6 Å². The molecule has 7 nitrogen and oxygen atoms in total. The van der Waals surface area contributed by atoms with Gasteiger partial charge in [0.05, 0.1) is 13.0 Å². The molecule has 2 rings (SSSR count). The summed E-state index contributed by atoms with van der Waals surface area (Å²) >= 11 is 0. The Morgan fingerprint density at radius 1 is 0.788 bits per heavy atom. The number of hydrogen-bond acceptors (Lipinski definition) is 6.